The van der Waals surface area contributed by atoms with Crippen LogP contribution in [0.5, 0.6) is 0 Å². The maximum absolute atomic E-state index is 2.39. The van der Waals surface area contributed by atoms with Crippen LogP contribution in [0.25, 0.3) is 98.7 Å². The van der Waals surface area contributed by atoms with Gasteiger partial charge in [0.2, 0.25) is 0 Å². The molecular formula is C58H37N. The lowest BCUT2D eigenvalue weighted by molar-refractivity contribution is 1.28. The summed E-state index contributed by atoms with van der Waals surface area (Å²) in [5.74, 6) is 0. The second-order valence-electron chi connectivity index (χ2n) is 15.7. The third-order valence-electron chi connectivity index (χ3n) is 12.4. The number of fused-ring (bicyclic) bond motifs is 7. The molecule has 0 bridgehead atoms. The van der Waals surface area contributed by atoms with Gasteiger partial charge in [-0.2, -0.15) is 0 Å². The van der Waals surface area contributed by atoms with E-state index in [1.54, 1.807) is 0 Å². The molecule has 0 N–H and O–H groups in total. The van der Waals surface area contributed by atoms with E-state index in [9.17, 15) is 0 Å². The summed E-state index contributed by atoms with van der Waals surface area (Å²) in [5.41, 5.74) is 15.9. The van der Waals surface area contributed by atoms with E-state index in [0.29, 0.717) is 0 Å². The molecule has 1 nitrogen and oxygen atoms in total. The first-order valence-corrected chi connectivity index (χ1v) is 20.4. The van der Waals surface area contributed by atoms with Crippen molar-refractivity contribution < 1.29 is 0 Å². The molecule has 1 aliphatic carbocycles. The SMILES string of the molecule is c1cc(-c2ccc3c(ccc4ccccc43)c2)cc(N(c2ccc(-c3cccc4ccccc34)cc2)c2ccc(-c3ccc4c5c(cccc35)-c3ccccc3-4)cc2)c1. The molecule has 0 saturated heterocycles. The van der Waals surface area contributed by atoms with E-state index < -0.39 is 0 Å². The Kier molecular flexibility index (Phi) is 7.61. The number of rotatable bonds is 6. The molecule has 1 aliphatic rings. The molecule has 12 rings (SSSR count). The van der Waals surface area contributed by atoms with Crippen molar-refractivity contribution in [2.24, 2.45) is 0 Å². The fraction of sp³-hybridized carbons (Fsp3) is 0. The summed E-state index contributed by atoms with van der Waals surface area (Å²) in [7, 11) is 0. The molecule has 0 saturated carbocycles. The first-order valence-electron chi connectivity index (χ1n) is 20.4. The van der Waals surface area contributed by atoms with Crippen molar-refractivity contribution in [1.82, 2.24) is 0 Å². The molecule has 11 aromatic rings. The van der Waals surface area contributed by atoms with Crippen LogP contribution >= 0.6 is 0 Å². The smallest absolute Gasteiger partial charge is 0.0467 e. The Labute approximate surface area is 343 Å². The van der Waals surface area contributed by atoms with Gasteiger partial charge in [0.25, 0.3) is 0 Å². The Bertz CT molecular complexity index is 3400. The number of benzene rings is 11. The van der Waals surface area contributed by atoms with Crippen LogP contribution in [0.3, 0.4) is 0 Å². The molecule has 59 heavy (non-hydrogen) atoms. The normalized spacial score (nSPS) is 11.7. The lowest BCUT2D eigenvalue weighted by atomic mass is 9.94. The molecule has 0 aliphatic heterocycles. The molecule has 0 heterocycles. The maximum Gasteiger partial charge on any atom is 0.0467 e. The van der Waals surface area contributed by atoms with Gasteiger partial charge in [0, 0.05) is 17.1 Å². The number of anilines is 3. The molecule has 274 valence electrons. The van der Waals surface area contributed by atoms with Crippen molar-refractivity contribution in [2.75, 3.05) is 4.90 Å². The van der Waals surface area contributed by atoms with E-state index in [2.05, 4.69) is 229 Å². The number of hydrogen-bond donors (Lipinski definition) is 0. The Morgan fingerprint density at radius 1 is 0.220 bits per heavy atom. The average molecular weight is 748 g/mol. The van der Waals surface area contributed by atoms with Gasteiger partial charge in [-0.1, -0.05) is 182 Å². The summed E-state index contributed by atoms with van der Waals surface area (Å²) in [6.07, 6.45) is 0. The van der Waals surface area contributed by atoms with Gasteiger partial charge in [-0.25, -0.2) is 0 Å². The Hall–Kier alpha value is -7.74. The fourth-order valence-corrected chi connectivity index (χ4v) is 9.58. The topological polar surface area (TPSA) is 3.24 Å². The van der Waals surface area contributed by atoms with E-state index >= 15 is 0 Å². The molecule has 1 heteroatoms. The predicted molar refractivity (Wildman–Crippen MR) is 252 cm³/mol. The second-order valence-corrected chi connectivity index (χ2v) is 15.7. The van der Waals surface area contributed by atoms with Crippen molar-refractivity contribution >= 4 is 60.2 Å². The van der Waals surface area contributed by atoms with Gasteiger partial charge < -0.3 is 4.90 Å². The van der Waals surface area contributed by atoms with E-state index in [1.165, 1.54) is 98.7 Å². The third kappa shape index (κ3) is 5.47. The molecule has 0 fully saturated rings. The summed E-state index contributed by atoms with van der Waals surface area (Å²) >= 11 is 0. The van der Waals surface area contributed by atoms with Crippen molar-refractivity contribution in [3.8, 4) is 55.6 Å². The van der Waals surface area contributed by atoms with Crippen LogP contribution in [-0.2, 0) is 0 Å². The molecule has 0 unspecified atom stereocenters. The number of hydrogen-bond acceptors (Lipinski definition) is 1. The van der Waals surface area contributed by atoms with Gasteiger partial charge in [0.15, 0.2) is 0 Å². The zero-order chi connectivity index (χ0) is 38.9. The van der Waals surface area contributed by atoms with Gasteiger partial charge in [0.05, 0.1) is 0 Å². The van der Waals surface area contributed by atoms with Gasteiger partial charge >= 0.3 is 0 Å². The Morgan fingerprint density at radius 3 is 1.46 bits per heavy atom. The van der Waals surface area contributed by atoms with Crippen LogP contribution in [-0.4, -0.2) is 0 Å². The maximum atomic E-state index is 2.39. The summed E-state index contributed by atoms with van der Waals surface area (Å²) < 4.78 is 0. The molecule has 0 atom stereocenters. The van der Waals surface area contributed by atoms with Gasteiger partial charge in [-0.3, -0.25) is 0 Å². The van der Waals surface area contributed by atoms with E-state index in [1.807, 2.05) is 0 Å². The molecule has 0 radical (unpaired) electrons. The van der Waals surface area contributed by atoms with Gasteiger partial charge in [-0.15, -0.1) is 0 Å². The Balaban J connectivity index is 0.964. The van der Waals surface area contributed by atoms with Crippen LogP contribution in [0.1, 0.15) is 0 Å². The van der Waals surface area contributed by atoms with E-state index in [4.69, 9.17) is 0 Å². The first kappa shape index (κ1) is 33.4. The van der Waals surface area contributed by atoms with Gasteiger partial charge in [0.1, 0.15) is 0 Å². The van der Waals surface area contributed by atoms with Gasteiger partial charge in [-0.05, 0) is 141 Å². The fourth-order valence-electron chi connectivity index (χ4n) is 9.58. The minimum absolute atomic E-state index is 1.10. The zero-order valence-corrected chi connectivity index (χ0v) is 32.3. The van der Waals surface area contributed by atoms with Crippen LogP contribution in [0.15, 0.2) is 224 Å². The minimum Gasteiger partial charge on any atom is -0.310 e. The highest BCUT2D eigenvalue weighted by molar-refractivity contribution is 6.18. The highest BCUT2D eigenvalue weighted by Crippen LogP contribution is 2.49. The Morgan fingerprint density at radius 2 is 0.695 bits per heavy atom. The largest absolute Gasteiger partial charge is 0.310 e. The monoisotopic (exact) mass is 747 g/mol. The standard InChI is InChI=1S/C58H37N/c1-3-15-48-38(10-1)12-8-19-50(48)40-24-29-45(30-25-40)59(47-14-7-13-42(37-47)43-28-33-52-44(36-43)23-22-39-11-2-4-16-49(39)52)46-31-26-41(27-32-46)51-34-35-57-54-18-6-5-17-53(54)56-21-9-20-55(51)58(56)57/h1-37H. The highest BCUT2D eigenvalue weighted by Gasteiger charge is 2.22. The minimum atomic E-state index is 1.10. The summed E-state index contributed by atoms with van der Waals surface area (Å²) in [6, 6.07) is 82.5. The first-order chi connectivity index (χ1) is 29.2. The third-order valence-corrected chi connectivity index (χ3v) is 12.4. The van der Waals surface area contributed by atoms with Crippen LogP contribution in [0.4, 0.5) is 17.1 Å². The summed E-state index contributed by atoms with van der Waals surface area (Å²) in [6.45, 7) is 0. The van der Waals surface area contributed by atoms with Crippen molar-refractivity contribution in [3.63, 3.8) is 0 Å². The molecule has 0 spiro atoms. The van der Waals surface area contributed by atoms with Crippen molar-refractivity contribution in [2.45, 2.75) is 0 Å². The average Bonchev–Trinajstić information content (AvgIpc) is 3.64. The summed E-state index contributed by atoms with van der Waals surface area (Å²) in [4.78, 5) is 2.39. The second kappa shape index (κ2) is 13.4. The molecule has 0 aromatic heterocycles. The molecule has 11 aromatic carbocycles. The molecular weight excluding hydrogens is 711 g/mol. The van der Waals surface area contributed by atoms with E-state index in [-0.39, 0.29) is 0 Å². The lowest BCUT2D eigenvalue weighted by Gasteiger charge is -2.26. The molecule has 0 amide bonds. The number of nitrogens with zero attached hydrogens (tertiary/aromatic N) is 1. The predicted octanol–water partition coefficient (Wildman–Crippen LogP) is 16.4. The lowest BCUT2D eigenvalue weighted by Crippen LogP contribution is -2.10. The van der Waals surface area contributed by atoms with Crippen molar-refractivity contribution in [3.05, 3.63) is 224 Å². The highest BCUT2D eigenvalue weighted by atomic mass is 15.1. The summed E-state index contributed by atoms with van der Waals surface area (Å²) in [5, 5.41) is 10.2. The van der Waals surface area contributed by atoms with Crippen LogP contribution in [0.2, 0.25) is 0 Å². The quantitative estimate of drug-likeness (QED) is 0.153. The van der Waals surface area contributed by atoms with Crippen LogP contribution < -0.4 is 4.90 Å². The van der Waals surface area contributed by atoms with Crippen LogP contribution in [0, 0.1) is 0 Å². The van der Waals surface area contributed by atoms with Crippen molar-refractivity contribution in [1.29, 1.82) is 0 Å². The van der Waals surface area contributed by atoms with E-state index in [0.717, 1.165) is 17.1 Å². The zero-order valence-electron chi connectivity index (χ0n) is 32.3.